The number of hydrogen-bond donors (Lipinski definition) is 2. The lowest BCUT2D eigenvalue weighted by atomic mass is 9.80. The number of benzene rings is 1. The van der Waals surface area contributed by atoms with Crippen LogP contribution in [-0.4, -0.2) is 19.6 Å². The van der Waals surface area contributed by atoms with Gasteiger partial charge in [-0.3, -0.25) is 0 Å². The molecule has 16 heavy (non-hydrogen) atoms. The summed E-state index contributed by atoms with van der Waals surface area (Å²) >= 11 is 0. The minimum Gasteiger partial charge on any atom is -0.381 e. The molecule has 1 atom stereocenters. The first-order valence-electron chi connectivity index (χ1n) is 5.33. The summed E-state index contributed by atoms with van der Waals surface area (Å²) in [6, 6.07) is 2.35. The maximum absolute atomic E-state index is 13.5. The summed E-state index contributed by atoms with van der Waals surface area (Å²) in [7, 11) is 0. The van der Waals surface area contributed by atoms with Gasteiger partial charge in [-0.15, -0.1) is 0 Å². The first-order chi connectivity index (χ1) is 7.71. The molecule has 0 saturated carbocycles. The lowest BCUT2D eigenvalue weighted by molar-refractivity contribution is 0.507. The van der Waals surface area contributed by atoms with Gasteiger partial charge in [-0.1, -0.05) is 12.2 Å². The second kappa shape index (κ2) is 3.28. The van der Waals surface area contributed by atoms with Crippen LogP contribution < -0.4 is 10.6 Å². The van der Waals surface area contributed by atoms with E-state index in [1.807, 2.05) is 12.2 Å². The quantitative estimate of drug-likeness (QED) is 0.654. The fraction of sp³-hybridized carbons (Fsp3) is 0.333. The van der Waals surface area contributed by atoms with E-state index in [1.165, 1.54) is 6.07 Å². The average molecular weight is 222 g/mol. The van der Waals surface area contributed by atoms with Crippen LogP contribution in [0.2, 0.25) is 0 Å². The fourth-order valence-electron chi connectivity index (χ4n) is 2.52. The predicted molar refractivity (Wildman–Crippen MR) is 58.5 cm³/mol. The maximum atomic E-state index is 13.5. The van der Waals surface area contributed by atoms with Crippen molar-refractivity contribution in [2.45, 2.75) is 5.41 Å². The zero-order valence-corrected chi connectivity index (χ0v) is 8.69. The maximum Gasteiger partial charge on any atom is 0.149 e. The first-order valence-corrected chi connectivity index (χ1v) is 5.33. The van der Waals surface area contributed by atoms with Crippen molar-refractivity contribution < 1.29 is 8.78 Å². The molecule has 0 amide bonds. The molecule has 0 radical (unpaired) electrons. The van der Waals surface area contributed by atoms with Crippen molar-refractivity contribution in [2.75, 3.05) is 25.0 Å². The van der Waals surface area contributed by atoms with Gasteiger partial charge in [0.25, 0.3) is 0 Å². The average Bonchev–Trinajstić information content (AvgIpc) is 2.59. The summed E-state index contributed by atoms with van der Waals surface area (Å²) in [6.07, 6.45) is 4.05. The minimum atomic E-state index is -0.515. The molecule has 0 unspecified atom stereocenters. The van der Waals surface area contributed by atoms with Crippen LogP contribution in [-0.2, 0) is 5.41 Å². The van der Waals surface area contributed by atoms with Crippen molar-refractivity contribution in [2.24, 2.45) is 0 Å². The van der Waals surface area contributed by atoms with E-state index in [0.29, 0.717) is 24.3 Å². The van der Waals surface area contributed by atoms with Gasteiger partial charge < -0.3 is 10.6 Å². The van der Waals surface area contributed by atoms with Gasteiger partial charge in [0.1, 0.15) is 11.6 Å². The van der Waals surface area contributed by atoms with Crippen molar-refractivity contribution in [3.8, 4) is 0 Å². The van der Waals surface area contributed by atoms with Crippen molar-refractivity contribution in [1.29, 1.82) is 0 Å². The van der Waals surface area contributed by atoms with Gasteiger partial charge in [-0.05, 0) is 11.6 Å². The number of anilines is 1. The molecule has 2 heterocycles. The third-order valence-corrected chi connectivity index (χ3v) is 3.31. The molecule has 2 nitrogen and oxygen atoms in total. The topological polar surface area (TPSA) is 24.1 Å². The van der Waals surface area contributed by atoms with Crippen LogP contribution >= 0.6 is 0 Å². The van der Waals surface area contributed by atoms with E-state index in [4.69, 9.17) is 0 Å². The third kappa shape index (κ3) is 1.26. The molecule has 0 aliphatic carbocycles. The van der Waals surface area contributed by atoms with Crippen molar-refractivity contribution in [3.05, 3.63) is 41.5 Å². The second-order valence-electron chi connectivity index (χ2n) is 4.35. The normalized spacial score (nSPS) is 26.9. The van der Waals surface area contributed by atoms with E-state index < -0.39 is 11.6 Å². The molecule has 2 aliphatic heterocycles. The van der Waals surface area contributed by atoms with Gasteiger partial charge in [0.05, 0.1) is 5.69 Å². The summed E-state index contributed by atoms with van der Waals surface area (Å²) in [5.74, 6) is -1.02. The highest BCUT2D eigenvalue weighted by Gasteiger charge is 2.39. The Bertz CT molecular complexity index is 470. The summed E-state index contributed by atoms with van der Waals surface area (Å²) < 4.78 is 26.8. The Labute approximate surface area is 92.4 Å². The molecule has 1 aromatic rings. The summed E-state index contributed by atoms with van der Waals surface area (Å²) in [5, 5.41) is 6.25. The Balaban J connectivity index is 2.17. The molecule has 2 N–H and O–H groups in total. The lowest BCUT2D eigenvalue weighted by Gasteiger charge is -2.29. The minimum absolute atomic E-state index is 0.295. The fourth-order valence-corrected chi connectivity index (χ4v) is 2.52. The molecule has 0 bridgehead atoms. The zero-order chi connectivity index (χ0) is 11.2. The summed E-state index contributed by atoms with van der Waals surface area (Å²) in [6.45, 7) is 2.15. The first kappa shape index (κ1) is 9.78. The van der Waals surface area contributed by atoms with Gasteiger partial charge in [-0.25, -0.2) is 8.78 Å². The molecule has 3 rings (SSSR count). The molecule has 0 fully saturated rings. The number of rotatable bonds is 0. The van der Waals surface area contributed by atoms with Crippen molar-refractivity contribution in [1.82, 2.24) is 5.32 Å². The lowest BCUT2D eigenvalue weighted by Crippen LogP contribution is -2.41. The van der Waals surface area contributed by atoms with E-state index in [2.05, 4.69) is 10.6 Å². The van der Waals surface area contributed by atoms with Crippen LogP contribution in [0, 0.1) is 11.6 Å². The van der Waals surface area contributed by atoms with Crippen LogP contribution in [0.25, 0.3) is 0 Å². The largest absolute Gasteiger partial charge is 0.381 e. The van der Waals surface area contributed by atoms with Crippen molar-refractivity contribution >= 4 is 5.69 Å². The predicted octanol–water partition coefficient (Wildman–Crippen LogP) is 1.79. The summed E-state index contributed by atoms with van der Waals surface area (Å²) in [4.78, 5) is 0. The molecule has 0 saturated heterocycles. The monoisotopic (exact) mass is 222 g/mol. The number of fused-ring (bicyclic) bond motifs is 2. The Kier molecular flexibility index (Phi) is 2.01. The molecule has 1 spiro atoms. The highest BCUT2D eigenvalue weighted by molar-refractivity contribution is 5.63. The molecule has 84 valence electrons. The third-order valence-electron chi connectivity index (χ3n) is 3.31. The zero-order valence-electron chi connectivity index (χ0n) is 8.69. The second-order valence-corrected chi connectivity index (χ2v) is 4.35. The molecule has 1 aromatic carbocycles. The molecular weight excluding hydrogens is 210 g/mol. The molecule has 0 aromatic heterocycles. The van der Waals surface area contributed by atoms with Crippen LogP contribution in [0.3, 0.4) is 0 Å². The SMILES string of the molecule is Fc1cc(F)c2c(c1)[C@@]1(C=CCNC1)CN2. The molecule has 2 aliphatic rings. The van der Waals surface area contributed by atoms with Crippen LogP contribution in [0.5, 0.6) is 0 Å². The van der Waals surface area contributed by atoms with Gasteiger partial charge >= 0.3 is 0 Å². The number of nitrogens with one attached hydrogen (secondary N) is 2. The number of halogens is 2. The molecule has 4 heteroatoms. The Morgan fingerprint density at radius 3 is 2.81 bits per heavy atom. The Morgan fingerprint density at radius 2 is 2.06 bits per heavy atom. The van der Waals surface area contributed by atoms with Gasteiger partial charge in [-0.2, -0.15) is 0 Å². The standard InChI is InChI=1S/C12H12F2N2/c13-8-4-9-11(10(14)5-8)16-7-12(9)2-1-3-15-6-12/h1-2,4-5,15-16H,3,6-7H2/t12-/m1/s1. The van der Waals surface area contributed by atoms with E-state index in [1.54, 1.807) is 0 Å². The van der Waals surface area contributed by atoms with E-state index in [-0.39, 0.29) is 5.41 Å². The summed E-state index contributed by atoms with van der Waals surface area (Å²) in [5.41, 5.74) is 0.861. The highest BCUT2D eigenvalue weighted by atomic mass is 19.1. The Morgan fingerprint density at radius 1 is 1.19 bits per heavy atom. The highest BCUT2D eigenvalue weighted by Crippen LogP contribution is 2.40. The van der Waals surface area contributed by atoms with Gasteiger partial charge in [0.2, 0.25) is 0 Å². The van der Waals surface area contributed by atoms with Crippen LogP contribution in [0.4, 0.5) is 14.5 Å². The van der Waals surface area contributed by atoms with Crippen LogP contribution in [0.1, 0.15) is 5.56 Å². The van der Waals surface area contributed by atoms with Crippen LogP contribution in [0.15, 0.2) is 24.3 Å². The van der Waals surface area contributed by atoms with E-state index >= 15 is 0 Å². The molecular formula is C12H12F2N2. The smallest absolute Gasteiger partial charge is 0.149 e. The number of hydrogen-bond acceptors (Lipinski definition) is 2. The van der Waals surface area contributed by atoms with E-state index in [0.717, 1.165) is 12.6 Å². The van der Waals surface area contributed by atoms with Gasteiger partial charge in [0.15, 0.2) is 0 Å². The van der Waals surface area contributed by atoms with E-state index in [9.17, 15) is 8.78 Å². The Hall–Kier alpha value is -1.42. The van der Waals surface area contributed by atoms with Gasteiger partial charge in [0, 0.05) is 31.1 Å². The van der Waals surface area contributed by atoms with Crippen molar-refractivity contribution in [3.63, 3.8) is 0 Å².